The lowest BCUT2D eigenvalue weighted by molar-refractivity contribution is -0.130. The molecule has 1 fully saturated rings. The van der Waals surface area contributed by atoms with Gasteiger partial charge in [0.1, 0.15) is 5.60 Å². The Morgan fingerprint density at radius 3 is 2.29 bits per heavy atom. The lowest BCUT2D eigenvalue weighted by Crippen LogP contribution is -2.49. The van der Waals surface area contributed by atoms with Gasteiger partial charge in [0.15, 0.2) is 0 Å². The number of piperazine rings is 1. The van der Waals surface area contributed by atoms with E-state index in [1.807, 2.05) is 17.0 Å². The highest BCUT2D eigenvalue weighted by atomic mass is 16.6. The molecule has 0 radical (unpaired) electrons. The number of carbonyl (C=O) groups is 3. The van der Waals surface area contributed by atoms with E-state index in [0.717, 1.165) is 5.56 Å². The summed E-state index contributed by atoms with van der Waals surface area (Å²) in [5.41, 5.74) is 1.01. The van der Waals surface area contributed by atoms with Crippen LogP contribution in [0.5, 0.6) is 0 Å². The van der Waals surface area contributed by atoms with Crippen molar-refractivity contribution in [2.45, 2.75) is 45.6 Å². The number of rotatable bonds is 8. The van der Waals surface area contributed by atoms with Crippen molar-refractivity contribution in [1.29, 1.82) is 0 Å². The minimum Gasteiger partial charge on any atom is -0.444 e. The van der Waals surface area contributed by atoms with Crippen LogP contribution in [0.2, 0.25) is 0 Å². The number of nitrogens with zero attached hydrogens (tertiary/aromatic N) is 4. The van der Waals surface area contributed by atoms with Crippen LogP contribution in [0.15, 0.2) is 42.7 Å². The zero-order chi connectivity index (χ0) is 25.3. The third-order valence-electron chi connectivity index (χ3n) is 5.31. The van der Waals surface area contributed by atoms with Crippen LogP contribution >= 0.6 is 0 Å². The van der Waals surface area contributed by atoms with Gasteiger partial charge < -0.3 is 25.2 Å². The maximum absolute atomic E-state index is 12.7. The van der Waals surface area contributed by atoms with Crippen molar-refractivity contribution in [3.8, 4) is 0 Å². The largest absolute Gasteiger partial charge is 0.444 e. The lowest BCUT2D eigenvalue weighted by Gasteiger charge is -2.34. The second-order valence-corrected chi connectivity index (χ2v) is 9.37. The van der Waals surface area contributed by atoms with Crippen molar-refractivity contribution in [2.75, 3.05) is 42.9 Å². The SMILES string of the molecule is CC(C)(C)OC(=O)NCCCC(=O)Nc1ccc(CC(=O)N2CCN(c3ncccn3)CC2)cc1. The number of benzene rings is 1. The molecule has 0 bridgehead atoms. The van der Waals surface area contributed by atoms with E-state index in [4.69, 9.17) is 4.74 Å². The molecule has 0 unspecified atom stereocenters. The molecule has 1 aromatic carbocycles. The monoisotopic (exact) mass is 482 g/mol. The molecule has 2 N–H and O–H groups in total. The molecule has 188 valence electrons. The first-order valence-corrected chi connectivity index (χ1v) is 11.8. The Morgan fingerprint density at radius 2 is 1.66 bits per heavy atom. The smallest absolute Gasteiger partial charge is 0.407 e. The highest BCUT2D eigenvalue weighted by Crippen LogP contribution is 2.14. The van der Waals surface area contributed by atoms with Crippen LogP contribution in [0.4, 0.5) is 16.4 Å². The van der Waals surface area contributed by atoms with Gasteiger partial charge >= 0.3 is 6.09 Å². The second-order valence-electron chi connectivity index (χ2n) is 9.37. The zero-order valence-corrected chi connectivity index (χ0v) is 20.6. The molecule has 0 saturated carbocycles. The van der Waals surface area contributed by atoms with Crippen LogP contribution in [-0.2, 0) is 20.7 Å². The average molecular weight is 483 g/mol. The Balaban J connectivity index is 1.35. The third kappa shape index (κ3) is 8.88. The fraction of sp³-hybridized carbons (Fsp3) is 0.480. The van der Waals surface area contributed by atoms with Gasteiger partial charge in [-0.1, -0.05) is 12.1 Å². The van der Waals surface area contributed by atoms with Crippen molar-refractivity contribution in [1.82, 2.24) is 20.2 Å². The van der Waals surface area contributed by atoms with E-state index in [2.05, 4.69) is 25.5 Å². The number of hydrogen-bond acceptors (Lipinski definition) is 7. The van der Waals surface area contributed by atoms with Crippen LogP contribution in [0.25, 0.3) is 0 Å². The highest BCUT2D eigenvalue weighted by molar-refractivity contribution is 5.90. The van der Waals surface area contributed by atoms with Crippen LogP contribution in [0.3, 0.4) is 0 Å². The van der Waals surface area contributed by atoms with Gasteiger partial charge in [-0.3, -0.25) is 9.59 Å². The molecule has 3 amide bonds. The normalized spacial score (nSPS) is 13.8. The minimum absolute atomic E-state index is 0.0768. The molecule has 10 heteroatoms. The number of anilines is 2. The fourth-order valence-electron chi connectivity index (χ4n) is 3.58. The second kappa shape index (κ2) is 12.1. The first-order valence-electron chi connectivity index (χ1n) is 11.8. The molecule has 10 nitrogen and oxygen atoms in total. The van der Waals surface area contributed by atoms with Gasteiger partial charge in [0.2, 0.25) is 17.8 Å². The quantitative estimate of drug-likeness (QED) is 0.556. The molecule has 2 aromatic rings. The number of aromatic nitrogens is 2. The number of hydrogen-bond donors (Lipinski definition) is 2. The van der Waals surface area contributed by atoms with E-state index < -0.39 is 11.7 Å². The Hall–Kier alpha value is -3.69. The summed E-state index contributed by atoms with van der Waals surface area (Å²) in [6, 6.07) is 9.08. The Kier molecular flexibility index (Phi) is 8.99. The summed E-state index contributed by atoms with van der Waals surface area (Å²) in [6.45, 7) is 8.42. The molecule has 1 aromatic heterocycles. The predicted molar refractivity (Wildman–Crippen MR) is 133 cm³/mol. The van der Waals surface area contributed by atoms with Gasteiger partial charge in [-0.2, -0.15) is 0 Å². The number of ether oxygens (including phenoxy) is 1. The topological polar surface area (TPSA) is 117 Å². The van der Waals surface area contributed by atoms with Gasteiger partial charge in [0, 0.05) is 57.2 Å². The van der Waals surface area contributed by atoms with E-state index in [0.29, 0.717) is 57.2 Å². The molecule has 0 aliphatic carbocycles. The summed E-state index contributed by atoms with van der Waals surface area (Å²) in [7, 11) is 0. The van der Waals surface area contributed by atoms with Crippen molar-refractivity contribution in [2.24, 2.45) is 0 Å². The summed E-state index contributed by atoms with van der Waals surface area (Å²) in [5.74, 6) is 0.629. The van der Waals surface area contributed by atoms with Gasteiger partial charge in [0.25, 0.3) is 0 Å². The third-order valence-corrected chi connectivity index (χ3v) is 5.31. The maximum atomic E-state index is 12.7. The van der Waals surface area contributed by atoms with E-state index in [-0.39, 0.29) is 18.2 Å². The minimum atomic E-state index is -0.551. The molecule has 0 spiro atoms. The summed E-state index contributed by atoms with van der Waals surface area (Å²) in [4.78, 5) is 49.0. The van der Waals surface area contributed by atoms with Crippen molar-refractivity contribution < 1.29 is 19.1 Å². The molecular formula is C25H34N6O4. The molecule has 1 aliphatic rings. The number of alkyl carbamates (subject to hydrolysis) is 1. The molecule has 1 saturated heterocycles. The van der Waals surface area contributed by atoms with Crippen LogP contribution in [0.1, 0.15) is 39.2 Å². The Morgan fingerprint density at radius 1 is 1.00 bits per heavy atom. The molecule has 1 aliphatic heterocycles. The van der Waals surface area contributed by atoms with Crippen molar-refractivity contribution >= 4 is 29.5 Å². The van der Waals surface area contributed by atoms with E-state index in [1.165, 1.54) is 0 Å². The first kappa shape index (κ1) is 25.9. The highest BCUT2D eigenvalue weighted by Gasteiger charge is 2.22. The number of carbonyl (C=O) groups excluding carboxylic acids is 3. The Labute approximate surface area is 206 Å². The van der Waals surface area contributed by atoms with E-state index in [9.17, 15) is 14.4 Å². The molecule has 3 rings (SSSR count). The molecule has 0 atom stereocenters. The van der Waals surface area contributed by atoms with Crippen molar-refractivity contribution in [3.63, 3.8) is 0 Å². The van der Waals surface area contributed by atoms with Crippen LogP contribution < -0.4 is 15.5 Å². The van der Waals surface area contributed by atoms with Gasteiger partial charge in [-0.05, 0) is 51.0 Å². The molecular weight excluding hydrogens is 448 g/mol. The van der Waals surface area contributed by atoms with Gasteiger partial charge in [-0.15, -0.1) is 0 Å². The van der Waals surface area contributed by atoms with E-state index >= 15 is 0 Å². The van der Waals surface area contributed by atoms with Crippen LogP contribution in [-0.4, -0.2) is 71.1 Å². The van der Waals surface area contributed by atoms with E-state index in [1.54, 1.807) is 51.4 Å². The fourth-order valence-corrected chi connectivity index (χ4v) is 3.58. The maximum Gasteiger partial charge on any atom is 0.407 e. The summed E-state index contributed by atoms with van der Waals surface area (Å²) in [6.07, 6.45) is 4.03. The predicted octanol–water partition coefficient (Wildman–Crippen LogP) is 2.61. The van der Waals surface area contributed by atoms with Gasteiger partial charge in [-0.25, -0.2) is 14.8 Å². The molecule has 35 heavy (non-hydrogen) atoms. The average Bonchev–Trinajstić information content (AvgIpc) is 2.83. The Bertz CT molecular complexity index is 983. The summed E-state index contributed by atoms with van der Waals surface area (Å²) in [5, 5.41) is 5.47. The number of nitrogens with one attached hydrogen (secondary N) is 2. The first-order chi connectivity index (χ1) is 16.7. The zero-order valence-electron chi connectivity index (χ0n) is 20.6. The van der Waals surface area contributed by atoms with Crippen LogP contribution in [0, 0.1) is 0 Å². The van der Waals surface area contributed by atoms with Crippen molar-refractivity contribution in [3.05, 3.63) is 48.3 Å². The molecule has 2 heterocycles. The summed E-state index contributed by atoms with van der Waals surface area (Å²) < 4.78 is 5.16. The number of amides is 3. The lowest BCUT2D eigenvalue weighted by atomic mass is 10.1. The van der Waals surface area contributed by atoms with Gasteiger partial charge in [0.05, 0.1) is 6.42 Å². The standard InChI is InChI=1S/C25H34N6O4/c1-25(2,3)35-24(34)28-11-4-6-21(32)29-20-9-7-19(8-10-20)18-22(33)30-14-16-31(17-15-30)23-26-12-5-13-27-23/h5,7-10,12-13H,4,6,11,14-18H2,1-3H3,(H,28,34)(H,29,32). The summed E-state index contributed by atoms with van der Waals surface area (Å²) >= 11 is 0.